The number of ether oxygens (including phenoxy) is 1. The number of anilines is 1. The minimum absolute atomic E-state index is 0.0331. The average Bonchev–Trinajstić information content (AvgIpc) is 2.72. The molecule has 0 bridgehead atoms. The van der Waals surface area contributed by atoms with Crippen LogP contribution in [0.3, 0.4) is 0 Å². The zero-order valence-electron chi connectivity index (χ0n) is 17.9. The van der Waals surface area contributed by atoms with Crippen LogP contribution in [0.1, 0.15) is 34.0 Å². The summed E-state index contributed by atoms with van der Waals surface area (Å²) in [5.74, 6) is 0.131. The second kappa shape index (κ2) is 8.81. The van der Waals surface area contributed by atoms with Gasteiger partial charge in [0.15, 0.2) is 0 Å². The minimum Gasteiger partial charge on any atom is -0.478 e. The van der Waals surface area contributed by atoms with Crippen molar-refractivity contribution in [3.8, 4) is 11.5 Å². The van der Waals surface area contributed by atoms with Crippen molar-refractivity contribution in [3.63, 3.8) is 0 Å². The maximum Gasteiger partial charge on any atom is 0.335 e. The van der Waals surface area contributed by atoms with Crippen molar-refractivity contribution in [2.45, 2.75) is 32.6 Å². The van der Waals surface area contributed by atoms with Crippen LogP contribution in [0.15, 0.2) is 65.6 Å². The van der Waals surface area contributed by atoms with Crippen LogP contribution in [0, 0.1) is 20.8 Å². The van der Waals surface area contributed by atoms with Gasteiger partial charge in [0.2, 0.25) is 0 Å². The predicted molar refractivity (Wildman–Crippen MR) is 121 cm³/mol. The van der Waals surface area contributed by atoms with Crippen LogP contribution in [0.2, 0.25) is 0 Å². The Bertz CT molecular complexity index is 1220. The Morgan fingerprint density at radius 3 is 2.06 bits per heavy atom. The van der Waals surface area contributed by atoms with E-state index in [-0.39, 0.29) is 17.0 Å². The molecule has 0 aliphatic heterocycles. The average molecular weight is 440 g/mol. The van der Waals surface area contributed by atoms with Gasteiger partial charge >= 0.3 is 5.97 Å². The van der Waals surface area contributed by atoms with Crippen LogP contribution in [0.25, 0.3) is 0 Å². The molecule has 162 valence electrons. The van der Waals surface area contributed by atoms with Crippen molar-refractivity contribution < 1.29 is 23.1 Å². The van der Waals surface area contributed by atoms with Gasteiger partial charge in [-0.2, -0.15) is 0 Å². The zero-order chi connectivity index (χ0) is 22.8. The maximum atomic E-state index is 13.2. The smallest absolute Gasteiger partial charge is 0.335 e. The summed E-state index contributed by atoms with van der Waals surface area (Å²) in [6, 6.07) is 16.7. The summed E-state index contributed by atoms with van der Waals surface area (Å²) in [7, 11) is -3.93. The first-order valence-electron chi connectivity index (χ1n) is 9.85. The predicted octanol–water partition coefficient (Wildman–Crippen LogP) is 5.32. The van der Waals surface area contributed by atoms with E-state index in [1.165, 1.54) is 28.1 Å². The van der Waals surface area contributed by atoms with Crippen LogP contribution in [-0.2, 0) is 10.0 Å². The van der Waals surface area contributed by atoms with Gasteiger partial charge in [0.05, 0.1) is 16.1 Å². The SMILES string of the molecule is CCN(c1ccc(Oc2ccc(C)c(C)c2)cc1)S(=O)(=O)c1ccc(C)c(C(=O)O)c1. The van der Waals surface area contributed by atoms with Gasteiger partial charge in [0.1, 0.15) is 11.5 Å². The van der Waals surface area contributed by atoms with Crippen LogP contribution in [-0.4, -0.2) is 26.0 Å². The molecule has 0 aromatic heterocycles. The van der Waals surface area contributed by atoms with Crippen LogP contribution in [0.4, 0.5) is 5.69 Å². The maximum absolute atomic E-state index is 13.2. The van der Waals surface area contributed by atoms with E-state index in [4.69, 9.17) is 4.74 Å². The summed E-state index contributed by atoms with van der Waals surface area (Å²) >= 11 is 0. The number of carboxylic acids is 1. The van der Waals surface area contributed by atoms with E-state index >= 15 is 0 Å². The molecule has 31 heavy (non-hydrogen) atoms. The molecule has 0 saturated heterocycles. The number of nitrogens with zero attached hydrogens (tertiary/aromatic N) is 1. The fourth-order valence-electron chi connectivity index (χ4n) is 3.20. The second-order valence-corrected chi connectivity index (χ2v) is 9.16. The first kappa shape index (κ1) is 22.4. The highest BCUT2D eigenvalue weighted by Gasteiger charge is 2.25. The third-order valence-electron chi connectivity index (χ3n) is 5.15. The second-order valence-electron chi connectivity index (χ2n) is 7.29. The van der Waals surface area contributed by atoms with Gasteiger partial charge in [-0.15, -0.1) is 0 Å². The molecule has 7 heteroatoms. The normalized spacial score (nSPS) is 11.2. The molecule has 0 amide bonds. The molecule has 6 nitrogen and oxygen atoms in total. The molecule has 0 saturated carbocycles. The van der Waals surface area contributed by atoms with Gasteiger partial charge in [0.25, 0.3) is 10.0 Å². The fourth-order valence-corrected chi connectivity index (χ4v) is 4.70. The summed E-state index contributed by atoms with van der Waals surface area (Å²) < 4.78 is 33.5. The molecule has 0 radical (unpaired) electrons. The summed E-state index contributed by atoms with van der Waals surface area (Å²) in [6.45, 7) is 7.59. The zero-order valence-corrected chi connectivity index (χ0v) is 18.7. The van der Waals surface area contributed by atoms with E-state index in [1.807, 2.05) is 32.0 Å². The number of hydrogen-bond acceptors (Lipinski definition) is 4. The van der Waals surface area contributed by atoms with Crippen molar-refractivity contribution in [1.29, 1.82) is 0 Å². The Morgan fingerprint density at radius 1 is 0.871 bits per heavy atom. The quantitative estimate of drug-likeness (QED) is 0.539. The molecule has 0 aliphatic carbocycles. The van der Waals surface area contributed by atoms with Crippen molar-refractivity contribution in [2.24, 2.45) is 0 Å². The van der Waals surface area contributed by atoms with Gasteiger partial charge < -0.3 is 9.84 Å². The van der Waals surface area contributed by atoms with E-state index in [0.29, 0.717) is 22.7 Å². The van der Waals surface area contributed by atoms with Gasteiger partial charge in [-0.05, 0) is 92.9 Å². The van der Waals surface area contributed by atoms with E-state index in [2.05, 4.69) is 0 Å². The van der Waals surface area contributed by atoms with Crippen LogP contribution in [0.5, 0.6) is 11.5 Å². The lowest BCUT2D eigenvalue weighted by Gasteiger charge is -2.23. The van der Waals surface area contributed by atoms with E-state index in [0.717, 1.165) is 5.56 Å². The third-order valence-corrected chi connectivity index (χ3v) is 7.05. The van der Waals surface area contributed by atoms with Gasteiger partial charge in [-0.1, -0.05) is 12.1 Å². The molecule has 3 aromatic rings. The summed E-state index contributed by atoms with van der Waals surface area (Å²) in [5, 5.41) is 9.33. The number of rotatable bonds is 7. The number of aromatic carboxylic acids is 1. The Hall–Kier alpha value is -3.32. The van der Waals surface area contributed by atoms with E-state index < -0.39 is 16.0 Å². The van der Waals surface area contributed by atoms with Gasteiger partial charge in [0, 0.05) is 6.54 Å². The van der Waals surface area contributed by atoms with Gasteiger partial charge in [-0.25, -0.2) is 13.2 Å². The Kier molecular flexibility index (Phi) is 6.36. The Morgan fingerprint density at radius 2 is 1.48 bits per heavy atom. The monoisotopic (exact) mass is 439 g/mol. The first-order chi connectivity index (χ1) is 14.6. The fraction of sp³-hybridized carbons (Fsp3) is 0.208. The third kappa shape index (κ3) is 4.72. The van der Waals surface area contributed by atoms with Crippen LogP contribution < -0.4 is 9.04 Å². The van der Waals surface area contributed by atoms with E-state index in [1.54, 1.807) is 38.1 Å². The Balaban J connectivity index is 1.89. The number of sulfonamides is 1. The van der Waals surface area contributed by atoms with E-state index in [9.17, 15) is 18.3 Å². The lowest BCUT2D eigenvalue weighted by Crippen LogP contribution is -2.31. The molecule has 0 spiro atoms. The van der Waals surface area contributed by atoms with Gasteiger partial charge in [-0.3, -0.25) is 4.31 Å². The van der Waals surface area contributed by atoms with Crippen molar-refractivity contribution in [1.82, 2.24) is 0 Å². The standard InChI is InChI=1S/C24H25NO5S/c1-5-25(31(28,29)22-13-7-17(3)23(15-22)24(26)27)19-8-11-20(12-9-19)30-21-10-6-16(2)18(4)14-21/h6-15H,5H2,1-4H3,(H,26,27). The number of carbonyl (C=O) groups is 1. The topological polar surface area (TPSA) is 83.9 Å². The molecule has 0 fully saturated rings. The number of carboxylic acid groups (broad SMARTS) is 1. The molecule has 0 aliphatic rings. The summed E-state index contributed by atoms with van der Waals surface area (Å²) in [5.41, 5.74) is 3.23. The highest BCUT2D eigenvalue weighted by Crippen LogP contribution is 2.29. The molecule has 0 atom stereocenters. The van der Waals surface area contributed by atoms with Crippen molar-refractivity contribution in [2.75, 3.05) is 10.8 Å². The summed E-state index contributed by atoms with van der Waals surface area (Å²) in [6.07, 6.45) is 0. The molecule has 1 N–H and O–H groups in total. The molecular weight excluding hydrogens is 414 g/mol. The Labute approximate surface area is 182 Å². The van der Waals surface area contributed by atoms with Crippen LogP contribution >= 0.6 is 0 Å². The number of aryl methyl sites for hydroxylation is 3. The molecule has 0 heterocycles. The highest BCUT2D eigenvalue weighted by molar-refractivity contribution is 7.92. The molecule has 3 rings (SSSR count). The van der Waals surface area contributed by atoms with Crippen molar-refractivity contribution >= 4 is 21.7 Å². The summed E-state index contributed by atoms with van der Waals surface area (Å²) in [4.78, 5) is 11.4. The molecule has 3 aromatic carbocycles. The lowest BCUT2D eigenvalue weighted by molar-refractivity contribution is 0.0696. The first-order valence-corrected chi connectivity index (χ1v) is 11.3. The molecular formula is C24H25NO5S. The van der Waals surface area contributed by atoms with Crippen molar-refractivity contribution in [3.05, 3.63) is 82.9 Å². The highest BCUT2D eigenvalue weighted by atomic mass is 32.2. The number of benzene rings is 3. The molecule has 0 unspecified atom stereocenters. The largest absolute Gasteiger partial charge is 0.478 e. The number of hydrogen-bond donors (Lipinski definition) is 1. The minimum atomic E-state index is -3.93. The lowest BCUT2D eigenvalue weighted by atomic mass is 10.1.